The van der Waals surface area contributed by atoms with Gasteiger partial charge < -0.3 is 24.4 Å². The minimum Gasteiger partial charge on any atom is -0.467 e. The summed E-state index contributed by atoms with van der Waals surface area (Å²) in [6.07, 6.45) is 0. The van der Waals surface area contributed by atoms with E-state index in [-0.39, 0.29) is 17.8 Å². The molecule has 2 aromatic carbocycles. The molecular formula is C27H30Br2N2O7. The number of amides is 2. The average molecular weight is 654 g/mol. The number of benzene rings is 2. The molecule has 11 heteroatoms. The van der Waals surface area contributed by atoms with Gasteiger partial charge in [0.25, 0.3) is 11.8 Å². The van der Waals surface area contributed by atoms with Crippen molar-refractivity contribution in [2.75, 3.05) is 13.7 Å². The lowest BCUT2D eigenvalue weighted by Gasteiger charge is -2.27. The fourth-order valence-corrected chi connectivity index (χ4v) is 4.83. The lowest BCUT2D eigenvalue weighted by atomic mass is 10.1. The van der Waals surface area contributed by atoms with Crippen LogP contribution in [0.3, 0.4) is 0 Å². The lowest BCUT2D eigenvalue weighted by Crippen LogP contribution is -2.44. The Hall–Kier alpha value is -2.76. The van der Waals surface area contributed by atoms with E-state index in [1.54, 1.807) is 24.0 Å². The molecule has 2 heterocycles. The molecule has 0 saturated carbocycles. The number of ether oxygens (including phenoxy) is 2. The first-order valence-corrected chi connectivity index (χ1v) is 13.5. The Morgan fingerprint density at radius 1 is 0.921 bits per heavy atom. The minimum absolute atomic E-state index is 0.125. The average Bonchev–Trinajstić information content (AvgIpc) is 3.35. The molecule has 2 atom stereocenters. The van der Waals surface area contributed by atoms with Gasteiger partial charge in [-0.2, -0.15) is 0 Å². The molecule has 1 N–H and O–H groups in total. The van der Waals surface area contributed by atoms with Crippen LogP contribution in [0.1, 0.15) is 59.5 Å². The van der Waals surface area contributed by atoms with Gasteiger partial charge in [-0.25, -0.2) is 9.59 Å². The Kier molecular flexibility index (Phi) is 9.38. The van der Waals surface area contributed by atoms with Gasteiger partial charge in [-0.3, -0.25) is 9.59 Å². The molecule has 0 fully saturated rings. The zero-order chi connectivity index (χ0) is 28.4. The quantitative estimate of drug-likeness (QED) is 0.484. The first kappa shape index (κ1) is 29.8. The van der Waals surface area contributed by atoms with Crippen molar-refractivity contribution in [3.63, 3.8) is 0 Å². The van der Waals surface area contributed by atoms with E-state index >= 15 is 0 Å². The minimum atomic E-state index is -0.950. The highest BCUT2D eigenvalue weighted by molar-refractivity contribution is 9.10. The smallest absolute Gasteiger partial charge is 0.331 e. The normalized spacial score (nSPS) is 15.8. The van der Waals surface area contributed by atoms with E-state index in [0.29, 0.717) is 24.2 Å². The van der Waals surface area contributed by atoms with Crippen LogP contribution in [-0.2, 0) is 32.2 Å². The fraction of sp³-hybridized carbons (Fsp3) is 0.407. The molecule has 38 heavy (non-hydrogen) atoms. The largest absolute Gasteiger partial charge is 0.467 e. The zero-order valence-electron chi connectivity index (χ0n) is 21.8. The van der Waals surface area contributed by atoms with E-state index in [0.717, 1.165) is 20.1 Å². The molecule has 4 rings (SSSR count). The van der Waals surface area contributed by atoms with Crippen molar-refractivity contribution in [2.45, 2.75) is 58.5 Å². The molecule has 2 aliphatic heterocycles. The molecule has 2 amide bonds. The second-order valence-electron chi connectivity index (χ2n) is 9.90. The van der Waals surface area contributed by atoms with Crippen LogP contribution in [0.25, 0.3) is 0 Å². The third kappa shape index (κ3) is 6.62. The number of rotatable bonds is 5. The maximum Gasteiger partial charge on any atom is 0.331 e. The monoisotopic (exact) mass is 652 g/mol. The molecule has 0 radical (unpaired) electrons. The van der Waals surface area contributed by atoms with Gasteiger partial charge in [-0.1, -0.05) is 44.0 Å². The second-order valence-corrected chi connectivity index (χ2v) is 11.7. The summed E-state index contributed by atoms with van der Waals surface area (Å²) in [5.74, 6) is -1.38. The Balaban J connectivity index is 0.000000212. The third-order valence-electron chi connectivity index (χ3n) is 6.05. The van der Waals surface area contributed by atoms with Gasteiger partial charge in [0.1, 0.15) is 11.6 Å². The van der Waals surface area contributed by atoms with E-state index in [1.807, 2.05) is 45.0 Å². The predicted molar refractivity (Wildman–Crippen MR) is 146 cm³/mol. The summed E-state index contributed by atoms with van der Waals surface area (Å²) in [6, 6.07) is 9.42. The highest BCUT2D eigenvalue weighted by Gasteiger charge is 2.37. The van der Waals surface area contributed by atoms with Crippen molar-refractivity contribution in [3.05, 3.63) is 67.6 Å². The number of nitrogens with zero attached hydrogens (tertiary/aromatic N) is 2. The van der Waals surface area contributed by atoms with Crippen molar-refractivity contribution in [1.82, 2.24) is 9.80 Å². The van der Waals surface area contributed by atoms with Crippen molar-refractivity contribution >= 4 is 55.6 Å². The topological polar surface area (TPSA) is 113 Å². The fourth-order valence-electron chi connectivity index (χ4n) is 4.11. The van der Waals surface area contributed by atoms with Crippen LogP contribution < -0.4 is 0 Å². The van der Waals surface area contributed by atoms with E-state index in [2.05, 4.69) is 36.6 Å². The number of aliphatic hydroxyl groups excluding tert-OH is 1. The maximum atomic E-state index is 12.4. The number of methoxy groups -OCH3 is 1. The van der Waals surface area contributed by atoms with Crippen molar-refractivity contribution < 1.29 is 33.8 Å². The molecule has 2 aliphatic rings. The first-order chi connectivity index (χ1) is 17.8. The van der Waals surface area contributed by atoms with Crippen LogP contribution in [0.2, 0.25) is 0 Å². The number of hydrogen-bond donors (Lipinski definition) is 1. The van der Waals surface area contributed by atoms with Crippen LogP contribution in [0.5, 0.6) is 0 Å². The number of carbonyl (C=O) groups excluding carboxylic acids is 4. The molecule has 0 spiro atoms. The summed E-state index contributed by atoms with van der Waals surface area (Å²) in [5, 5.41) is 9.24. The number of carbonyl (C=O) groups is 4. The van der Waals surface area contributed by atoms with E-state index < -0.39 is 30.3 Å². The van der Waals surface area contributed by atoms with Crippen molar-refractivity contribution in [3.8, 4) is 0 Å². The Morgan fingerprint density at radius 3 is 1.84 bits per heavy atom. The Morgan fingerprint density at radius 2 is 1.39 bits per heavy atom. The SMILES string of the molecule is COC(=O)[C@H](CO)N1Cc2ccc(Br)cc2C1=O.C[C@H](C(=O)OC(C)(C)C)N1Cc2ccc(Br)cc2C1=O. The van der Waals surface area contributed by atoms with Crippen molar-refractivity contribution in [2.24, 2.45) is 0 Å². The molecule has 204 valence electrons. The number of fused-ring (bicyclic) bond motifs is 2. The van der Waals surface area contributed by atoms with Crippen molar-refractivity contribution in [1.29, 1.82) is 0 Å². The second kappa shape index (κ2) is 12.0. The molecule has 9 nitrogen and oxygen atoms in total. The third-order valence-corrected chi connectivity index (χ3v) is 7.03. The number of hydrogen-bond acceptors (Lipinski definition) is 7. The van der Waals surface area contributed by atoms with Crippen LogP contribution in [0.15, 0.2) is 45.3 Å². The van der Waals surface area contributed by atoms with E-state index in [1.165, 1.54) is 12.0 Å². The van der Waals surface area contributed by atoms with Crippen LogP contribution in [-0.4, -0.2) is 70.1 Å². The number of esters is 2. The Bertz CT molecular complexity index is 1260. The molecule has 0 bridgehead atoms. The van der Waals surface area contributed by atoms with Gasteiger partial charge in [-0.15, -0.1) is 0 Å². The van der Waals surface area contributed by atoms with Crippen LogP contribution in [0.4, 0.5) is 0 Å². The molecular weight excluding hydrogens is 624 g/mol. The van der Waals surface area contributed by atoms with E-state index in [4.69, 9.17) is 4.74 Å². The lowest BCUT2D eigenvalue weighted by molar-refractivity contribution is -0.159. The number of halogens is 2. The molecule has 0 unspecified atom stereocenters. The molecule has 2 aromatic rings. The standard InChI is InChI=1S/C15H18BrNO3.C12H12BrNO4/c1-9(14(19)20-15(2,3)4)17-8-10-5-6-11(16)7-12(10)13(17)18;1-18-12(17)10(6-15)14-5-7-2-3-8(13)4-9(7)11(14)16/h5-7,9H,8H2,1-4H3;2-4,10,15H,5-6H2,1H3/t9-;10-/m10/s1. The van der Waals surface area contributed by atoms with Crippen LogP contribution in [0, 0.1) is 0 Å². The highest BCUT2D eigenvalue weighted by atomic mass is 79.9. The molecule has 0 aliphatic carbocycles. The molecule has 0 aromatic heterocycles. The summed E-state index contributed by atoms with van der Waals surface area (Å²) in [5.41, 5.74) is 2.42. The number of aliphatic hydroxyl groups is 1. The van der Waals surface area contributed by atoms with Gasteiger partial charge in [0, 0.05) is 33.2 Å². The first-order valence-electron chi connectivity index (χ1n) is 11.9. The highest BCUT2D eigenvalue weighted by Crippen LogP contribution is 2.29. The maximum absolute atomic E-state index is 12.4. The molecule has 0 saturated heterocycles. The Labute approximate surface area is 238 Å². The zero-order valence-corrected chi connectivity index (χ0v) is 25.0. The summed E-state index contributed by atoms with van der Waals surface area (Å²) in [4.78, 5) is 51.0. The summed E-state index contributed by atoms with van der Waals surface area (Å²) < 4.78 is 11.6. The summed E-state index contributed by atoms with van der Waals surface area (Å²) >= 11 is 6.65. The van der Waals surface area contributed by atoms with E-state index in [9.17, 15) is 24.3 Å². The summed E-state index contributed by atoms with van der Waals surface area (Å²) in [6.45, 7) is 7.45. The summed E-state index contributed by atoms with van der Waals surface area (Å²) in [7, 11) is 1.23. The van der Waals surface area contributed by atoms with Gasteiger partial charge in [0.15, 0.2) is 6.04 Å². The van der Waals surface area contributed by atoms with Gasteiger partial charge in [0.05, 0.1) is 13.7 Å². The van der Waals surface area contributed by atoms with Gasteiger partial charge in [-0.05, 0) is 63.1 Å². The van der Waals surface area contributed by atoms with Gasteiger partial charge in [0.2, 0.25) is 0 Å². The van der Waals surface area contributed by atoms with Gasteiger partial charge >= 0.3 is 11.9 Å². The van der Waals surface area contributed by atoms with Crippen LogP contribution >= 0.6 is 31.9 Å². The predicted octanol–water partition coefficient (Wildman–Crippen LogP) is 4.07.